The average molecular weight is 243 g/mol. The van der Waals surface area contributed by atoms with Crippen LogP contribution < -0.4 is 0 Å². The first kappa shape index (κ1) is 12.9. The van der Waals surface area contributed by atoms with Gasteiger partial charge in [-0.3, -0.25) is 0 Å². The molecule has 1 aromatic carbocycles. The predicted molar refractivity (Wildman–Crippen MR) is 76.5 cm³/mol. The molecule has 2 nitrogen and oxygen atoms in total. The van der Waals surface area contributed by atoms with E-state index in [4.69, 9.17) is 0 Å². The minimum atomic E-state index is 0.112. The Hall–Kier alpha value is -1.54. The maximum Gasteiger partial charge on any atom is 0.0682 e. The summed E-state index contributed by atoms with van der Waals surface area (Å²) in [7, 11) is 0. The molecule has 1 aromatic heterocycles. The van der Waals surface area contributed by atoms with Gasteiger partial charge in [-0.1, -0.05) is 24.6 Å². The predicted octanol–water partition coefficient (Wildman–Crippen LogP) is 3.88. The third kappa shape index (κ3) is 3.02. The molecule has 0 aliphatic carbocycles. The molecule has 96 valence electrons. The summed E-state index contributed by atoms with van der Waals surface area (Å²) in [6.07, 6.45) is 8.90. The van der Waals surface area contributed by atoms with Crippen LogP contribution in [0.1, 0.15) is 31.2 Å². The molecular formula is C16H21NO. The maximum atomic E-state index is 9.18. The van der Waals surface area contributed by atoms with Crippen molar-refractivity contribution in [1.82, 2.24) is 4.57 Å². The second-order valence-electron chi connectivity index (χ2n) is 4.70. The van der Waals surface area contributed by atoms with Gasteiger partial charge in [-0.2, -0.15) is 0 Å². The molecule has 0 spiro atoms. The van der Waals surface area contributed by atoms with E-state index in [-0.39, 0.29) is 6.61 Å². The first-order valence-corrected chi connectivity index (χ1v) is 6.64. The smallest absolute Gasteiger partial charge is 0.0682 e. The van der Waals surface area contributed by atoms with E-state index < -0.39 is 0 Å². The number of aliphatic hydroxyl groups excluding tert-OH is 1. The summed E-state index contributed by atoms with van der Waals surface area (Å²) in [4.78, 5) is 0. The molecule has 0 bridgehead atoms. The highest BCUT2D eigenvalue weighted by molar-refractivity contribution is 5.80. The molecule has 0 atom stereocenters. The number of aryl methyl sites for hydroxylation is 1. The zero-order valence-electron chi connectivity index (χ0n) is 10.8. The van der Waals surface area contributed by atoms with Gasteiger partial charge in [0.2, 0.25) is 0 Å². The van der Waals surface area contributed by atoms with E-state index in [1.807, 2.05) is 12.1 Å². The van der Waals surface area contributed by atoms with Crippen molar-refractivity contribution in [2.24, 2.45) is 0 Å². The fourth-order valence-electron chi connectivity index (χ4n) is 2.27. The van der Waals surface area contributed by atoms with Gasteiger partial charge in [-0.25, -0.2) is 0 Å². The minimum Gasteiger partial charge on any atom is -0.392 e. The van der Waals surface area contributed by atoms with Crippen LogP contribution in [0, 0.1) is 0 Å². The Kier molecular flexibility index (Phi) is 4.59. The Morgan fingerprint density at radius 2 is 2.06 bits per heavy atom. The number of aliphatic hydroxyl groups is 1. The maximum absolute atomic E-state index is 9.18. The van der Waals surface area contributed by atoms with Crippen LogP contribution in [-0.2, 0) is 13.2 Å². The molecule has 2 rings (SSSR count). The van der Waals surface area contributed by atoms with Crippen molar-refractivity contribution >= 4 is 10.9 Å². The summed E-state index contributed by atoms with van der Waals surface area (Å²) in [6, 6.07) is 8.28. The molecule has 1 N–H and O–H groups in total. The van der Waals surface area contributed by atoms with Crippen LogP contribution >= 0.6 is 0 Å². The third-order valence-corrected chi connectivity index (χ3v) is 3.33. The van der Waals surface area contributed by atoms with Gasteiger partial charge in [0.05, 0.1) is 6.61 Å². The summed E-state index contributed by atoms with van der Waals surface area (Å²) in [5.74, 6) is 0. The molecule has 0 aliphatic heterocycles. The zero-order valence-corrected chi connectivity index (χ0v) is 10.8. The van der Waals surface area contributed by atoms with Crippen molar-refractivity contribution in [3.05, 3.63) is 48.7 Å². The van der Waals surface area contributed by atoms with Crippen LogP contribution in [0.2, 0.25) is 0 Å². The summed E-state index contributed by atoms with van der Waals surface area (Å²) in [5, 5.41) is 10.4. The van der Waals surface area contributed by atoms with Gasteiger partial charge in [0.15, 0.2) is 0 Å². The van der Waals surface area contributed by atoms with Crippen molar-refractivity contribution in [2.75, 3.05) is 0 Å². The number of allylic oxidation sites excluding steroid dienone is 1. The number of hydrogen-bond acceptors (Lipinski definition) is 1. The monoisotopic (exact) mass is 243 g/mol. The van der Waals surface area contributed by atoms with Crippen LogP contribution in [0.25, 0.3) is 10.9 Å². The topological polar surface area (TPSA) is 25.2 Å². The van der Waals surface area contributed by atoms with E-state index in [9.17, 15) is 5.11 Å². The van der Waals surface area contributed by atoms with Crippen LogP contribution in [0.4, 0.5) is 0 Å². The normalized spacial score (nSPS) is 10.9. The average Bonchev–Trinajstić information content (AvgIpc) is 2.81. The lowest BCUT2D eigenvalue weighted by Crippen LogP contribution is -1.96. The molecule has 0 radical (unpaired) electrons. The van der Waals surface area contributed by atoms with Gasteiger partial charge >= 0.3 is 0 Å². The van der Waals surface area contributed by atoms with Gasteiger partial charge in [-0.05, 0) is 42.3 Å². The van der Waals surface area contributed by atoms with Gasteiger partial charge in [0, 0.05) is 18.3 Å². The van der Waals surface area contributed by atoms with E-state index in [2.05, 4.69) is 35.5 Å². The van der Waals surface area contributed by atoms with Crippen molar-refractivity contribution in [1.29, 1.82) is 0 Å². The van der Waals surface area contributed by atoms with E-state index >= 15 is 0 Å². The lowest BCUT2D eigenvalue weighted by atomic mass is 10.1. The van der Waals surface area contributed by atoms with Crippen molar-refractivity contribution in [3.8, 4) is 0 Å². The standard InChI is InChI=1S/C16H21NO/c1-2-3-4-5-6-10-17-11-9-15-8-7-14(13-18)12-16(15)17/h2,7-9,11-12,18H,1,3-6,10,13H2. The highest BCUT2D eigenvalue weighted by atomic mass is 16.3. The minimum absolute atomic E-state index is 0.112. The number of benzene rings is 1. The van der Waals surface area contributed by atoms with Crippen LogP contribution in [0.5, 0.6) is 0 Å². The molecule has 0 aliphatic rings. The van der Waals surface area contributed by atoms with Crippen LogP contribution in [-0.4, -0.2) is 9.67 Å². The fourth-order valence-corrected chi connectivity index (χ4v) is 2.27. The number of nitrogens with zero attached hydrogens (tertiary/aromatic N) is 1. The van der Waals surface area contributed by atoms with Crippen molar-refractivity contribution in [3.63, 3.8) is 0 Å². The van der Waals surface area contributed by atoms with E-state index in [1.165, 1.54) is 30.2 Å². The Morgan fingerprint density at radius 1 is 1.17 bits per heavy atom. The van der Waals surface area contributed by atoms with Gasteiger partial charge in [-0.15, -0.1) is 6.58 Å². The van der Waals surface area contributed by atoms with Crippen molar-refractivity contribution in [2.45, 2.75) is 38.8 Å². The number of unbranched alkanes of at least 4 members (excludes halogenated alkanes) is 3. The molecule has 0 unspecified atom stereocenters. The number of aromatic nitrogens is 1. The molecule has 0 amide bonds. The van der Waals surface area contributed by atoms with Crippen LogP contribution in [0.15, 0.2) is 43.1 Å². The molecule has 1 heterocycles. The van der Waals surface area contributed by atoms with E-state index in [0.717, 1.165) is 18.5 Å². The summed E-state index contributed by atoms with van der Waals surface area (Å²) in [5.41, 5.74) is 2.21. The second kappa shape index (κ2) is 6.41. The molecule has 2 aromatic rings. The molecular weight excluding hydrogens is 222 g/mol. The summed E-state index contributed by atoms with van der Waals surface area (Å²) >= 11 is 0. The quantitative estimate of drug-likeness (QED) is 0.579. The van der Waals surface area contributed by atoms with Gasteiger partial charge in [0.25, 0.3) is 0 Å². The van der Waals surface area contributed by atoms with E-state index in [0.29, 0.717) is 0 Å². The number of fused-ring (bicyclic) bond motifs is 1. The highest BCUT2D eigenvalue weighted by Gasteiger charge is 2.01. The van der Waals surface area contributed by atoms with Crippen LogP contribution in [0.3, 0.4) is 0 Å². The molecule has 0 fully saturated rings. The zero-order chi connectivity index (χ0) is 12.8. The number of rotatable bonds is 7. The Morgan fingerprint density at radius 3 is 2.83 bits per heavy atom. The molecule has 18 heavy (non-hydrogen) atoms. The van der Waals surface area contributed by atoms with Crippen molar-refractivity contribution < 1.29 is 5.11 Å². The lowest BCUT2D eigenvalue weighted by molar-refractivity contribution is 0.282. The summed E-state index contributed by atoms with van der Waals surface area (Å²) < 4.78 is 2.28. The largest absolute Gasteiger partial charge is 0.392 e. The highest BCUT2D eigenvalue weighted by Crippen LogP contribution is 2.18. The molecule has 2 heteroatoms. The van der Waals surface area contributed by atoms with E-state index in [1.54, 1.807) is 0 Å². The first-order chi connectivity index (χ1) is 8.85. The fraction of sp³-hybridized carbons (Fsp3) is 0.375. The van der Waals surface area contributed by atoms with Gasteiger partial charge < -0.3 is 9.67 Å². The second-order valence-corrected chi connectivity index (χ2v) is 4.70. The lowest BCUT2D eigenvalue weighted by Gasteiger charge is -2.06. The SMILES string of the molecule is C=CCCCCCn1ccc2ccc(CO)cc21. The molecule has 0 saturated heterocycles. The Bertz CT molecular complexity index is 513. The first-order valence-electron chi connectivity index (χ1n) is 6.64. The Labute approximate surface area is 109 Å². The van der Waals surface area contributed by atoms with Gasteiger partial charge in [0.1, 0.15) is 0 Å². The summed E-state index contributed by atoms with van der Waals surface area (Å²) in [6.45, 7) is 4.90. The molecule has 0 saturated carbocycles. The Balaban J connectivity index is 2.01. The third-order valence-electron chi connectivity index (χ3n) is 3.33. The number of hydrogen-bond donors (Lipinski definition) is 1.